The number of carbonyl (C=O) groups excluding carboxylic acids is 3. The van der Waals surface area contributed by atoms with Crippen molar-refractivity contribution in [2.75, 3.05) is 45.7 Å². The zero-order chi connectivity index (χ0) is 24.8. The molecule has 3 rings (SSSR count). The highest BCUT2D eigenvalue weighted by molar-refractivity contribution is 5.99. The highest BCUT2D eigenvalue weighted by Gasteiger charge is 2.37. The highest BCUT2D eigenvalue weighted by Crippen LogP contribution is 2.33. The number of hydrogen-bond acceptors (Lipinski definition) is 5. The van der Waals surface area contributed by atoms with Gasteiger partial charge in [-0.2, -0.15) is 0 Å². The van der Waals surface area contributed by atoms with E-state index in [0.29, 0.717) is 36.6 Å². The zero-order valence-electron chi connectivity index (χ0n) is 20.9. The molecule has 188 valence electrons. The second-order valence-electron chi connectivity index (χ2n) is 9.45. The molecule has 1 saturated carbocycles. The molecule has 1 aliphatic heterocycles. The number of urea groups is 1. The van der Waals surface area contributed by atoms with Gasteiger partial charge in [0.15, 0.2) is 0 Å². The van der Waals surface area contributed by atoms with E-state index in [9.17, 15) is 14.4 Å². The number of nitrogens with zero attached hydrogens (tertiary/aromatic N) is 2. The van der Waals surface area contributed by atoms with Crippen molar-refractivity contribution in [2.45, 2.75) is 52.2 Å². The van der Waals surface area contributed by atoms with Gasteiger partial charge in [0.1, 0.15) is 12.4 Å². The summed E-state index contributed by atoms with van der Waals surface area (Å²) in [5.41, 5.74) is 0.853. The maximum atomic E-state index is 13.4. The van der Waals surface area contributed by atoms with E-state index in [4.69, 9.17) is 9.47 Å². The molecule has 0 aromatic heterocycles. The second kappa shape index (κ2) is 11.6. The van der Waals surface area contributed by atoms with Crippen LogP contribution in [0.5, 0.6) is 5.75 Å². The smallest absolute Gasteiger partial charge is 0.319 e. The van der Waals surface area contributed by atoms with Crippen LogP contribution in [0, 0.1) is 11.8 Å². The van der Waals surface area contributed by atoms with E-state index in [1.54, 1.807) is 37.3 Å². The number of hydrogen-bond donors (Lipinski definition) is 2. The van der Waals surface area contributed by atoms with E-state index < -0.39 is 0 Å². The van der Waals surface area contributed by atoms with Crippen molar-refractivity contribution < 1.29 is 23.9 Å². The lowest BCUT2D eigenvalue weighted by atomic mass is 10.0. The second-order valence-corrected chi connectivity index (χ2v) is 9.45. The van der Waals surface area contributed by atoms with Gasteiger partial charge in [0.05, 0.1) is 17.7 Å². The van der Waals surface area contributed by atoms with Gasteiger partial charge in [-0.3, -0.25) is 9.59 Å². The molecule has 4 amide bonds. The summed E-state index contributed by atoms with van der Waals surface area (Å²) in [6.07, 6.45) is 2.46. The SMILES string of the molecule is CCCNC(=O)Nc1ccc2c(c1)C(=O)N(C)C[C@@H](OC)[C@H](C)CN(C(=O)C1CC1)[C@@H](C)CO2. The molecule has 9 nitrogen and oxygen atoms in total. The van der Waals surface area contributed by atoms with Crippen LogP contribution in [0.15, 0.2) is 18.2 Å². The first-order valence-corrected chi connectivity index (χ1v) is 12.2. The Morgan fingerprint density at radius 1 is 1.21 bits per heavy atom. The number of likely N-dealkylation sites (N-methyl/N-ethyl adjacent to an activating group) is 1. The summed E-state index contributed by atoms with van der Waals surface area (Å²) in [5, 5.41) is 5.53. The fourth-order valence-electron chi connectivity index (χ4n) is 4.14. The summed E-state index contributed by atoms with van der Waals surface area (Å²) >= 11 is 0. The molecular formula is C25H38N4O5. The van der Waals surface area contributed by atoms with Gasteiger partial charge in [-0.05, 0) is 44.4 Å². The Hall–Kier alpha value is -2.81. The van der Waals surface area contributed by atoms with Crippen LogP contribution >= 0.6 is 0 Å². The van der Waals surface area contributed by atoms with Gasteiger partial charge in [-0.25, -0.2) is 4.79 Å². The third-order valence-corrected chi connectivity index (χ3v) is 6.45. The number of carbonyl (C=O) groups is 3. The van der Waals surface area contributed by atoms with Gasteiger partial charge in [0.2, 0.25) is 5.91 Å². The van der Waals surface area contributed by atoms with E-state index in [0.717, 1.165) is 19.3 Å². The minimum atomic E-state index is -0.326. The summed E-state index contributed by atoms with van der Waals surface area (Å²) in [6.45, 7) is 7.73. The van der Waals surface area contributed by atoms with Crippen molar-refractivity contribution in [2.24, 2.45) is 11.8 Å². The van der Waals surface area contributed by atoms with Crippen molar-refractivity contribution >= 4 is 23.5 Å². The average Bonchev–Trinajstić information content (AvgIpc) is 3.67. The average molecular weight is 475 g/mol. The molecule has 3 atom stereocenters. The maximum Gasteiger partial charge on any atom is 0.319 e. The van der Waals surface area contributed by atoms with Crippen molar-refractivity contribution in [1.82, 2.24) is 15.1 Å². The summed E-state index contributed by atoms with van der Waals surface area (Å²) in [5.74, 6) is 0.495. The number of methoxy groups -OCH3 is 1. The van der Waals surface area contributed by atoms with Crippen LogP contribution in [0.25, 0.3) is 0 Å². The van der Waals surface area contributed by atoms with Gasteiger partial charge in [-0.1, -0.05) is 13.8 Å². The number of amides is 4. The number of ether oxygens (including phenoxy) is 2. The first-order valence-electron chi connectivity index (χ1n) is 12.2. The van der Waals surface area contributed by atoms with Crippen LogP contribution in [0.2, 0.25) is 0 Å². The molecule has 0 bridgehead atoms. The molecule has 0 saturated heterocycles. The van der Waals surface area contributed by atoms with Crippen LogP contribution in [-0.4, -0.2) is 80.2 Å². The molecule has 1 fully saturated rings. The zero-order valence-corrected chi connectivity index (χ0v) is 20.9. The molecule has 9 heteroatoms. The first-order chi connectivity index (χ1) is 16.2. The summed E-state index contributed by atoms with van der Waals surface area (Å²) < 4.78 is 11.8. The minimum Gasteiger partial charge on any atom is -0.491 e. The van der Waals surface area contributed by atoms with Gasteiger partial charge >= 0.3 is 6.03 Å². The Labute approximate surface area is 202 Å². The lowest BCUT2D eigenvalue weighted by Crippen LogP contribution is -2.49. The summed E-state index contributed by atoms with van der Waals surface area (Å²) in [7, 11) is 3.36. The van der Waals surface area contributed by atoms with E-state index in [2.05, 4.69) is 10.6 Å². The van der Waals surface area contributed by atoms with Crippen molar-refractivity contribution in [3.05, 3.63) is 23.8 Å². The molecule has 1 aromatic carbocycles. The number of fused-ring (bicyclic) bond motifs is 1. The van der Waals surface area contributed by atoms with E-state index in [1.807, 2.05) is 25.7 Å². The van der Waals surface area contributed by atoms with Gasteiger partial charge in [0, 0.05) is 51.3 Å². The number of benzene rings is 1. The third kappa shape index (κ3) is 6.40. The lowest BCUT2D eigenvalue weighted by molar-refractivity contribution is -0.136. The topological polar surface area (TPSA) is 100 Å². The molecule has 1 aliphatic carbocycles. The minimum absolute atomic E-state index is 0.0274. The Morgan fingerprint density at radius 2 is 1.94 bits per heavy atom. The fourth-order valence-corrected chi connectivity index (χ4v) is 4.14. The maximum absolute atomic E-state index is 13.4. The van der Waals surface area contributed by atoms with Gasteiger partial charge in [0.25, 0.3) is 5.91 Å². The van der Waals surface area contributed by atoms with Gasteiger partial charge in [-0.15, -0.1) is 0 Å². The summed E-state index contributed by atoms with van der Waals surface area (Å²) in [6, 6.07) is 4.55. The Bertz CT molecular complexity index is 888. The third-order valence-electron chi connectivity index (χ3n) is 6.45. The van der Waals surface area contributed by atoms with E-state index >= 15 is 0 Å². The molecule has 0 spiro atoms. The largest absolute Gasteiger partial charge is 0.491 e. The van der Waals surface area contributed by atoms with Gasteiger partial charge < -0.3 is 29.9 Å². The normalized spacial score (nSPS) is 23.8. The monoisotopic (exact) mass is 474 g/mol. The molecule has 34 heavy (non-hydrogen) atoms. The highest BCUT2D eigenvalue weighted by atomic mass is 16.5. The predicted molar refractivity (Wildman–Crippen MR) is 130 cm³/mol. The van der Waals surface area contributed by atoms with Crippen LogP contribution < -0.4 is 15.4 Å². The van der Waals surface area contributed by atoms with Crippen LogP contribution in [0.4, 0.5) is 10.5 Å². The number of anilines is 1. The number of nitrogens with one attached hydrogen (secondary N) is 2. The fraction of sp³-hybridized carbons (Fsp3) is 0.640. The van der Waals surface area contributed by atoms with E-state index in [-0.39, 0.29) is 48.4 Å². The Balaban J connectivity index is 1.90. The molecule has 0 radical (unpaired) electrons. The molecule has 2 aliphatic rings. The molecule has 2 N–H and O–H groups in total. The van der Waals surface area contributed by atoms with E-state index in [1.165, 1.54) is 0 Å². The standard InChI is InChI=1S/C25H38N4O5/c1-6-11-26-25(32)27-19-9-10-21-20(12-19)24(31)28(4)14-22(33-5)16(2)13-29(17(3)15-34-21)23(30)18-7-8-18/h9-10,12,16-18,22H,6-8,11,13-15H2,1-5H3,(H2,26,27,32)/t16-,17+,22-/m1/s1. The van der Waals surface area contributed by atoms with Crippen molar-refractivity contribution in [3.8, 4) is 5.75 Å². The first kappa shape index (κ1) is 25.8. The van der Waals surface area contributed by atoms with Crippen LogP contribution in [-0.2, 0) is 9.53 Å². The number of rotatable bonds is 5. The molecular weight excluding hydrogens is 436 g/mol. The Kier molecular flexibility index (Phi) is 8.77. The summed E-state index contributed by atoms with van der Waals surface area (Å²) in [4.78, 5) is 42.0. The predicted octanol–water partition coefficient (Wildman–Crippen LogP) is 2.96. The molecule has 1 aromatic rings. The quantitative estimate of drug-likeness (QED) is 0.684. The van der Waals surface area contributed by atoms with Crippen molar-refractivity contribution in [1.29, 1.82) is 0 Å². The lowest BCUT2D eigenvalue weighted by Gasteiger charge is -2.36. The van der Waals surface area contributed by atoms with Crippen LogP contribution in [0.1, 0.15) is 50.4 Å². The molecule has 1 heterocycles. The van der Waals surface area contributed by atoms with Crippen molar-refractivity contribution in [3.63, 3.8) is 0 Å². The Morgan fingerprint density at radius 3 is 2.59 bits per heavy atom. The van der Waals surface area contributed by atoms with Crippen LogP contribution in [0.3, 0.4) is 0 Å². The molecule has 0 unspecified atom stereocenters.